The van der Waals surface area contributed by atoms with Gasteiger partial charge in [0.25, 0.3) is 0 Å². The minimum absolute atomic E-state index is 0. The van der Waals surface area contributed by atoms with Crippen molar-refractivity contribution in [3.05, 3.63) is 59.7 Å². The summed E-state index contributed by atoms with van der Waals surface area (Å²) in [5.41, 5.74) is 2.53. The van der Waals surface area contributed by atoms with Gasteiger partial charge in [-0.25, -0.2) is 0 Å². The molecule has 26 heavy (non-hydrogen) atoms. The summed E-state index contributed by atoms with van der Waals surface area (Å²) in [5, 5.41) is 10.3. The molecule has 5 nitrogen and oxygen atoms in total. The average molecular weight is 380 g/mol. The summed E-state index contributed by atoms with van der Waals surface area (Å²) in [7, 11) is 3.37. The first-order chi connectivity index (χ1) is 12.3. The maximum atomic E-state index is 5.16. The number of benzene rings is 2. The Bertz CT molecular complexity index is 538. The van der Waals surface area contributed by atoms with Gasteiger partial charge in [0.05, 0.1) is 14.2 Å². The van der Waals surface area contributed by atoms with Gasteiger partial charge in [-0.15, -0.1) is 12.4 Å². The molecule has 0 aliphatic carbocycles. The summed E-state index contributed by atoms with van der Waals surface area (Å²) in [6.45, 7) is 5.57. The summed E-state index contributed by atoms with van der Waals surface area (Å²) < 4.78 is 10.3. The molecular formula is C20H30ClN3O2. The highest BCUT2D eigenvalue weighted by Crippen LogP contribution is 2.11. The van der Waals surface area contributed by atoms with Crippen LogP contribution in [0.25, 0.3) is 0 Å². The lowest BCUT2D eigenvalue weighted by Gasteiger charge is -2.09. The van der Waals surface area contributed by atoms with E-state index in [1.807, 2.05) is 24.3 Å². The third-order valence-corrected chi connectivity index (χ3v) is 3.93. The average Bonchev–Trinajstić information content (AvgIpc) is 2.67. The SMILES string of the molecule is COc1ccc(CNCCNCCNCc2ccc(OC)cc2)cc1.Cl. The molecule has 0 aliphatic heterocycles. The number of nitrogens with one attached hydrogen (secondary N) is 3. The summed E-state index contributed by atoms with van der Waals surface area (Å²) in [6.07, 6.45) is 0. The highest BCUT2D eigenvalue weighted by atomic mass is 35.5. The lowest BCUT2D eigenvalue weighted by molar-refractivity contribution is 0.414. The number of halogens is 1. The van der Waals surface area contributed by atoms with Crippen molar-refractivity contribution in [3.8, 4) is 11.5 Å². The Kier molecular flexibility index (Phi) is 11.5. The summed E-state index contributed by atoms with van der Waals surface area (Å²) in [4.78, 5) is 0. The van der Waals surface area contributed by atoms with Crippen LogP contribution in [0.1, 0.15) is 11.1 Å². The molecule has 0 amide bonds. The van der Waals surface area contributed by atoms with Crippen molar-refractivity contribution in [1.82, 2.24) is 16.0 Å². The first-order valence-corrected chi connectivity index (χ1v) is 8.70. The molecular weight excluding hydrogens is 350 g/mol. The lowest BCUT2D eigenvalue weighted by atomic mass is 10.2. The van der Waals surface area contributed by atoms with Gasteiger partial charge in [0.15, 0.2) is 0 Å². The quantitative estimate of drug-likeness (QED) is 0.495. The van der Waals surface area contributed by atoms with Crippen molar-refractivity contribution in [2.75, 3.05) is 40.4 Å². The highest BCUT2D eigenvalue weighted by Gasteiger charge is 1.96. The maximum Gasteiger partial charge on any atom is 0.118 e. The van der Waals surface area contributed by atoms with E-state index < -0.39 is 0 Å². The molecule has 0 spiro atoms. The van der Waals surface area contributed by atoms with Crippen LogP contribution < -0.4 is 25.4 Å². The Morgan fingerprint density at radius 2 is 0.923 bits per heavy atom. The Balaban J connectivity index is 0.00000338. The van der Waals surface area contributed by atoms with E-state index in [-0.39, 0.29) is 12.4 Å². The van der Waals surface area contributed by atoms with Crippen molar-refractivity contribution >= 4 is 12.4 Å². The standard InChI is InChI=1S/C20H29N3O2.ClH/c1-24-19-7-3-17(4-8-19)15-22-13-11-21-12-14-23-16-18-5-9-20(25-2)10-6-18;/h3-10,21-23H,11-16H2,1-2H3;1H. The minimum Gasteiger partial charge on any atom is -0.497 e. The highest BCUT2D eigenvalue weighted by molar-refractivity contribution is 5.85. The number of ether oxygens (including phenoxy) is 2. The molecule has 3 N–H and O–H groups in total. The number of hydrogen-bond donors (Lipinski definition) is 3. The van der Waals surface area contributed by atoms with Crippen molar-refractivity contribution in [3.63, 3.8) is 0 Å². The van der Waals surface area contributed by atoms with Crippen LogP contribution >= 0.6 is 12.4 Å². The van der Waals surface area contributed by atoms with Crippen LogP contribution in [-0.2, 0) is 13.1 Å². The van der Waals surface area contributed by atoms with Crippen LogP contribution in [0.5, 0.6) is 11.5 Å². The van der Waals surface area contributed by atoms with Crippen molar-refractivity contribution in [2.24, 2.45) is 0 Å². The van der Waals surface area contributed by atoms with Crippen molar-refractivity contribution in [2.45, 2.75) is 13.1 Å². The molecule has 0 atom stereocenters. The molecule has 2 aromatic rings. The maximum absolute atomic E-state index is 5.16. The van der Waals surface area contributed by atoms with E-state index >= 15 is 0 Å². The van der Waals surface area contributed by atoms with Gasteiger partial charge >= 0.3 is 0 Å². The normalized spacial score (nSPS) is 10.2. The van der Waals surface area contributed by atoms with E-state index in [0.717, 1.165) is 50.8 Å². The van der Waals surface area contributed by atoms with Gasteiger partial charge in [0.2, 0.25) is 0 Å². The van der Waals surface area contributed by atoms with E-state index in [9.17, 15) is 0 Å². The van der Waals surface area contributed by atoms with Gasteiger partial charge in [0, 0.05) is 39.3 Å². The minimum atomic E-state index is 0. The fourth-order valence-corrected chi connectivity index (χ4v) is 2.43. The van der Waals surface area contributed by atoms with Crippen LogP contribution in [0.15, 0.2) is 48.5 Å². The van der Waals surface area contributed by atoms with Gasteiger partial charge < -0.3 is 25.4 Å². The van der Waals surface area contributed by atoms with Crippen LogP contribution in [0.2, 0.25) is 0 Å². The third kappa shape index (κ3) is 8.54. The molecule has 2 aromatic carbocycles. The first-order valence-electron chi connectivity index (χ1n) is 8.70. The Morgan fingerprint density at radius 1 is 0.577 bits per heavy atom. The van der Waals surface area contributed by atoms with Gasteiger partial charge in [-0.2, -0.15) is 0 Å². The molecule has 0 heterocycles. The topological polar surface area (TPSA) is 54.5 Å². The zero-order valence-electron chi connectivity index (χ0n) is 15.6. The number of methoxy groups -OCH3 is 2. The predicted octanol–water partition coefficient (Wildman–Crippen LogP) is 2.59. The van der Waals surface area contributed by atoms with Gasteiger partial charge in [-0.3, -0.25) is 0 Å². The summed E-state index contributed by atoms with van der Waals surface area (Å²) >= 11 is 0. The van der Waals surface area contributed by atoms with Crippen LogP contribution in [-0.4, -0.2) is 40.4 Å². The predicted molar refractivity (Wildman–Crippen MR) is 110 cm³/mol. The second kappa shape index (κ2) is 13.4. The van der Waals surface area contributed by atoms with E-state index in [0.29, 0.717) is 0 Å². The fraction of sp³-hybridized carbons (Fsp3) is 0.400. The van der Waals surface area contributed by atoms with Gasteiger partial charge in [-0.05, 0) is 35.4 Å². The molecule has 0 aromatic heterocycles. The Morgan fingerprint density at radius 3 is 1.27 bits per heavy atom. The first kappa shape index (κ1) is 22.3. The monoisotopic (exact) mass is 379 g/mol. The largest absolute Gasteiger partial charge is 0.497 e. The number of rotatable bonds is 12. The molecule has 0 radical (unpaired) electrons. The summed E-state index contributed by atoms with van der Waals surface area (Å²) in [6, 6.07) is 16.3. The molecule has 0 aliphatic rings. The van der Waals surface area contributed by atoms with E-state index in [2.05, 4.69) is 40.2 Å². The van der Waals surface area contributed by atoms with Crippen LogP contribution in [0.4, 0.5) is 0 Å². The second-order valence-corrected chi connectivity index (χ2v) is 5.80. The molecule has 2 rings (SSSR count). The molecule has 0 bridgehead atoms. The molecule has 144 valence electrons. The van der Waals surface area contributed by atoms with Crippen LogP contribution in [0.3, 0.4) is 0 Å². The zero-order chi connectivity index (χ0) is 17.7. The van der Waals surface area contributed by atoms with Gasteiger partial charge in [0.1, 0.15) is 11.5 Å². The van der Waals surface area contributed by atoms with E-state index in [4.69, 9.17) is 9.47 Å². The fourth-order valence-electron chi connectivity index (χ4n) is 2.43. The van der Waals surface area contributed by atoms with E-state index in [1.165, 1.54) is 11.1 Å². The second-order valence-electron chi connectivity index (χ2n) is 5.80. The van der Waals surface area contributed by atoms with E-state index in [1.54, 1.807) is 14.2 Å². The Labute approximate surface area is 162 Å². The molecule has 0 unspecified atom stereocenters. The molecule has 6 heteroatoms. The lowest BCUT2D eigenvalue weighted by Crippen LogP contribution is -2.32. The molecule has 0 saturated carbocycles. The molecule has 0 fully saturated rings. The molecule has 0 saturated heterocycles. The van der Waals surface area contributed by atoms with Gasteiger partial charge in [-0.1, -0.05) is 24.3 Å². The third-order valence-electron chi connectivity index (χ3n) is 3.93. The summed E-state index contributed by atoms with van der Waals surface area (Å²) in [5.74, 6) is 1.79. The number of hydrogen-bond acceptors (Lipinski definition) is 5. The van der Waals surface area contributed by atoms with Crippen LogP contribution in [0, 0.1) is 0 Å². The Hall–Kier alpha value is -1.79. The zero-order valence-corrected chi connectivity index (χ0v) is 16.4. The smallest absolute Gasteiger partial charge is 0.118 e. The van der Waals surface area contributed by atoms with Crippen molar-refractivity contribution < 1.29 is 9.47 Å². The van der Waals surface area contributed by atoms with Crippen molar-refractivity contribution in [1.29, 1.82) is 0 Å².